The average Bonchev–Trinajstić information content (AvgIpc) is 3.74. The van der Waals surface area contributed by atoms with Crippen LogP contribution in [0.2, 0.25) is 0 Å². The number of alkyl halides is 15. The molecule has 2 saturated carbocycles. The summed E-state index contributed by atoms with van der Waals surface area (Å²) in [7, 11) is 2.10. The fourth-order valence-corrected chi connectivity index (χ4v) is 7.00. The largest absolute Gasteiger partial charge is 0.468 e. The van der Waals surface area contributed by atoms with Gasteiger partial charge in [-0.2, -0.15) is 65.9 Å². The number of carbonyl (C=O) groups excluding carboxylic acids is 1. The Labute approximate surface area is 331 Å². The fourth-order valence-electron chi connectivity index (χ4n) is 7.00. The molecule has 6 unspecified atom stereocenters. The number of halogens is 15. The highest BCUT2D eigenvalue weighted by Gasteiger charge is 2.75. The summed E-state index contributed by atoms with van der Waals surface area (Å²) in [6, 6.07) is 0.148. The van der Waals surface area contributed by atoms with E-state index in [0.717, 1.165) is 33.0 Å². The van der Waals surface area contributed by atoms with Crippen LogP contribution in [0.1, 0.15) is 89.3 Å². The van der Waals surface area contributed by atoms with Crippen molar-refractivity contribution in [1.82, 2.24) is 0 Å². The van der Waals surface area contributed by atoms with Gasteiger partial charge in [0.15, 0.2) is 10.8 Å². The molecular formula is C37H51F15O7. The molecule has 0 spiro atoms. The van der Waals surface area contributed by atoms with E-state index in [1.165, 1.54) is 40.0 Å². The Kier molecular flexibility index (Phi) is 19.0. The van der Waals surface area contributed by atoms with E-state index in [-0.39, 0.29) is 45.7 Å². The minimum atomic E-state index is -6.37. The van der Waals surface area contributed by atoms with E-state index in [4.69, 9.17) is 10.2 Å². The van der Waals surface area contributed by atoms with Crippen molar-refractivity contribution in [3.8, 4) is 0 Å². The van der Waals surface area contributed by atoms with Gasteiger partial charge in [0, 0.05) is 25.9 Å². The summed E-state index contributed by atoms with van der Waals surface area (Å²) < 4.78 is 221. The number of hydrogen-bond donors (Lipinski definition) is 2. The van der Waals surface area contributed by atoms with Crippen molar-refractivity contribution in [1.29, 1.82) is 0 Å². The monoisotopic (exact) mass is 892 g/mol. The zero-order chi connectivity index (χ0) is 46.2. The predicted molar refractivity (Wildman–Crippen MR) is 181 cm³/mol. The average molecular weight is 893 g/mol. The van der Waals surface area contributed by atoms with Gasteiger partial charge in [0.05, 0.1) is 20.3 Å². The first-order valence-corrected chi connectivity index (χ1v) is 18.3. The molecule has 2 N–H and O–H groups in total. The number of aliphatic hydroxyl groups is 2. The molecule has 22 heteroatoms. The SMILES string of the molecule is CCC(C)(C(=O)OC)C(F)(F)F.CCC(C)c1cc(C(C)(C(F)(F)F)C(F)(F)F)cc(C(OCOCCOC)(C(F)(F)F)C(F)(F)F)c1.OCC1C2CCC(C2)C1CO. The van der Waals surface area contributed by atoms with Crippen LogP contribution in [0.3, 0.4) is 0 Å². The molecular weight excluding hydrogens is 841 g/mol. The fraction of sp³-hybridized carbons (Fsp3) is 0.811. The number of esters is 1. The minimum absolute atomic E-state index is 0.0241. The van der Waals surface area contributed by atoms with Gasteiger partial charge in [-0.05, 0) is 86.7 Å². The highest BCUT2D eigenvalue weighted by Crippen LogP contribution is 2.57. The van der Waals surface area contributed by atoms with E-state index in [2.05, 4.69) is 18.9 Å². The molecule has 2 bridgehead atoms. The number of hydrogen-bond acceptors (Lipinski definition) is 7. The Hall–Kier alpha value is -2.56. The number of aliphatic hydroxyl groups excluding tert-OH is 2. The third-order valence-corrected chi connectivity index (χ3v) is 11.5. The molecule has 2 aliphatic rings. The molecule has 1 aromatic rings. The van der Waals surface area contributed by atoms with E-state index in [0.29, 0.717) is 17.9 Å². The second kappa shape index (κ2) is 20.5. The summed E-state index contributed by atoms with van der Waals surface area (Å²) >= 11 is 0. The second-order valence-corrected chi connectivity index (χ2v) is 14.8. The van der Waals surface area contributed by atoms with E-state index in [1.54, 1.807) is 0 Å². The molecule has 7 nitrogen and oxygen atoms in total. The molecule has 0 amide bonds. The predicted octanol–water partition coefficient (Wildman–Crippen LogP) is 10.3. The number of carbonyl (C=O) groups is 1. The summed E-state index contributed by atoms with van der Waals surface area (Å²) in [6.45, 7) is 2.54. The molecule has 1 aromatic carbocycles. The van der Waals surface area contributed by atoms with Crippen LogP contribution < -0.4 is 0 Å². The lowest BCUT2D eigenvalue weighted by atomic mass is 9.76. The van der Waals surface area contributed by atoms with E-state index in [1.807, 2.05) is 0 Å². The van der Waals surface area contributed by atoms with Crippen molar-refractivity contribution < 1.29 is 99.8 Å². The van der Waals surface area contributed by atoms with Crippen LogP contribution in [-0.4, -0.2) is 94.5 Å². The molecule has 0 saturated heterocycles. The minimum Gasteiger partial charge on any atom is -0.468 e. The lowest BCUT2D eigenvalue weighted by Crippen LogP contribution is -2.57. The normalized spacial score (nSPS) is 21.8. The lowest BCUT2D eigenvalue weighted by molar-refractivity contribution is -0.401. The van der Waals surface area contributed by atoms with E-state index in [9.17, 15) is 70.7 Å². The van der Waals surface area contributed by atoms with Crippen molar-refractivity contribution in [2.24, 2.45) is 29.1 Å². The van der Waals surface area contributed by atoms with Crippen LogP contribution in [0.5, 0.6) is 0 Å². The zero-order valence-corrected chi connectivity index (χ0v) is 33.3. The van der Waals surface area contributed by atoms with Crippen LogP contribution in [0.25, 0.3) is 0 Å². The molecule has 346 valence electrons. The maximum atomic E-state index is 14.1. The Bertz CT molecular complexity index is 1410. The van der Waals surface area contributed by atoms with Crippen LogP contribution in [0.15, 0.2) is 18.2 Å². The van der Waals surface area contributed by atoms with Gasteiger partial charge >= 0.3 is 36.9 Å². The van der Waals surface area contributed by atoms with Gasteiger partial charge in [-0.1, -0.05) is 39.0 Å². The quantitative estimate of drug-likeness (QED) is 0.0832. The summed E-state index contributed by atoms with van der Waals surface area (Å²) in [6.07, 6.45) is -26.0. The van der Waals surface area contributed by atoms with Crippen molar-refractivity contribution in [3.05, 3.63) is 34.9 Å². The molecule has 2 aliphatic carbocycles. The first-order valence-electron chi connectivity index (χ1n) is 18.3. The van der Waals surface area contributed by atoms with Crippen molar-refractivity contribution in [3.63, 3.8) is 0 Å². The van der Waals surface area contributed by atoms with Gasteiger partial charge in [-0.3, -0.25) is 4.79 Å². The maximum absolute atomic E-state index is 14.1. The number of methoxy groups -OCH3 is 2. The first kappa shape index (κ1) is 54.5. The van der Waals surface area contributed by atoms with Gasteiger partial charge in [-0.15, -0.1) is 0 Å². The zero-order valence-electron chi connectivity index (χ0n) is 33.3. The third-order valence-electron chi connectivity index (χ3n) is 11.5. The van der Waals surface area contributed by atoms with Crippen LogP contribution in [0, 0.1) is 29.1 Å². The Balaban J connectivity index is 0.000000605. The van der Waals surface area contributed by atoms with Gasteiger partial charge in [0.25, 0.3) is 5.60 Å². The summed E-state index contributed by atoms with van der Waals surface area (Å²) in [5, 5.41) is 18.2. The Morgan fingerprint density at radius 2 is 1.17 bits per heavy atom. The molecule has 0 heterocycles. The first-order chi connectivity index (χ1) is 26.8. The molecule has 0 aliphatic heterocycles. The summed E-state index contributed by atoms with van der Waals surface area (Å²) in [5.74, 6) is 0.0332. The van der Waals surface area contributed by atoms with Gasteiger partial charge in [0.2, 0.25) is 0 Å². The molecule has 3 rings (SSSR count). The standard InChI is InChI=1S/C21H24F12O3.C9H16O2.C7H11F3O2/c1-5-12(2)13-8-14(16(3,18(22,23)24)19(25,26)27)10-15(9-13)17(20(28,29)30,21(31,32)33)36-11-35-7-6-34-4;10-4-8-6-1-2-7(3-6)9(8)5-11;1-4-6(2,5(11)12-3)7(8,9)10/h8-10,12H,5-7,11H2,1-4H3;6-11H,1-5H2;4H2,1-3H3. The van der Waals surface area contributed by atoms with Gasteiger partial charge < -0.3 is 29.2 Å². The molecule has 59 heavy (non-hydrogen) atoms. The molecule has 0 aromatic heterocycles. The van der Waals surface area contributed by atoms with Crippen molar-refractivity contribution in [2.45, 2.75) is 115 Å². The molecule has 6 atom stereocenters. The van der Waals surface area contributed by atoms with E-state index < -0.39 is 95.4 Å². The topological polar surface area (TPSA) is 94.5 Å². The van der Waals surface area contributed by atoms with Gasteiger partial charge in [0.1, 0.15) is 6.79 Å². The summed E-state index contributed by atoms with van der Waals surface area (Å²) in [5.41, 5.74) is -16.9. The highest BCUT2D eigenvalue weighted by atomic mass is 19.4. The van der Waals surface area contributed by atoms with Crippen LogP contribution >= 0.6 is 0 Å². The molecule has 0 radical (unpaired) electrons. The number of benzene rings is 1. The van der Waals surface area contributed by atoms with Crippen molar-refractivity contribution in [2.75, 3.05) is 47.4 Å². The van der Waals surface area contributed by atoms with E-state index >= 15 is 0 Å². The number of ether oxygens (including phenoxy) is 4. The summed E-state index contributed by atoms with van der Waals surface area (Å²) in [4.78, 5) is 10.8. The smallest absolute Gasteiger partial charge is 0.430 e. The second-order valence-electron chi connectivity index (χ2n) is 14.8. The Morgan fingerprint density at radius 1 is 0.712 bits per heavy atom. The van der Waals surface area contributed by atoms with Crippen molar-refractivity contribution >= 4 is 5.97 Å². The number of fused-ring (bicyclic) bond motifs is 2. The lowest BCUT2D eigenvalue weighted by Gasteiger charge is -2.39. The Morgan fingerprint density at radius 3 is 1.49 bits per heavy atom. The third kappa shape index (κ3) is 11.7. The van der Waals surface area contributed by atoms with Crippen LogP contribution in [-0.2, 0) is 34.8 Å². The van der Waals surface area contributed by atoms with Gasteiger partial charge in [-0.25, -0.2) is 0 Å². The highest BCUT2D eigenvalue weighted by molar-refractivity contribution is 5.77. The molecule has 2 fully saturated rings. The number of rotatable bonds is 14. The maximum Gasteiger partial charge on any atom is 0.430 e. The van der Waals surface area contributed by atoms with Crippen LogP contribution in [0.4, 0.5) is 65.9 Å².